The molecule has 0 aliphatic rings. The maximum atomic E-state index is 10.3. The predicted molar refractivity (Wildman–Crippen MR) is 36.5 cm³/mol. The van der Waals surface area contributed by atoms with Gasteiger partial charge in [-0.05, 0) is 13.3 Å². The molecule has 1 atom stereocenters. The molecule has 0 saturated heterocycles. The Labute approximate surface area is 57.1 Å². The molecule has 0 aromatic rings. The van der Waals surface area contributed by atoms with Gasteiger partial charge in [0.05, 0.1) is 6.07 Å². The van der Waals surface area contributed by atoms with E-state index in [9.17, 15) is 4.57 Å². The SMILES string of the molecule is CCCC(C)(C#N)P=O. The fourth-order valence-electron chi connectivity index (χ4n) is 0.609. The Hall–Kier alpha value is -0.410. The van der Waals surface area contributed by atoms with Gasteiger partial charge in [-0.25, -0.2) is 0 Å². The minimum absolute atomic E-state index is 0.0584. The predicted octanol–water partition coefficient (Wildman–Crippen LogP) is 2.36. The summed E-state index contributed by atoms with van der Waals surface area (Å²) in [5, 5.41) is 7.82. The maximum Gasteiger partial charge on any atom is 0.177 e. The van der Waals surface area contributed by atoms with Gasteiger partial charge in [-0.1, -0.05) is 13.3 Å². The number of hydrogen-bond acceptors (Lipinski definition) is 2. The fraction of sp³-hybridized carbons (Fsp3) is 0.833. The van der Waals surface area contributed by atoms with Gasteiger partial charge in [0.15, 0.2) is 8.46 Å². The van der Waals surface area contributed by atoms with E-state index in [-0.39, 0.29) is 8.46 Å². The van der Waals surface area contributed by atoms with Crippen molar-refractivity contribution in [2.24, 2.45) is 0 Å². The van der Waals surface area contributed by atoms with Crippen molar-refractivity contribution in [2.45, 2.75) is 31.8 Å². The molecule has 0 aromatic heterocycles. The van der Waals surface area contributed by atoms with Crippen molar-refractivity contribution in [1.29, 1.82) is 5.26 Å². The van der Waals surface area contributed by atoms with Crippen LogP contribution in [0.4, 0.5) is 0 Å². The molecule has 0 aromatic carbocycles. The summed E-state index contributed by atoms with van der Waals surface area (Å²) in [4.78, 5) is 0. The van der Waals surface area contributed by atoms with E-state index in [1.165, 1.54) is 0 Å². The van der Waals surface area contributed by atoms with Crippen molar-refractivity contribution in [3.63, 3.8) is 0 Å². The molecule has 0 aliphatic heterocycles. The molecule has 0 heterocycles. The molecule has 0 aliphatic carbocycles. The molecule has 0 bridgehead atoms. The third-order valence-electron chi connectivity index (χ3n) is 1.18. The van der Waals surface area contributed by atoms with Crippen molar-refractivity contribution < 1.29 is 4.57 Å². The van der Waals surface area contributed by atoms with Crippen molar-refractivity contribution in [3.8, 4) is 6.07 Å². The summed E-state index contributed by atoms with van der Waals surface area (Å²) in [6.07, 6.45) is 1.61. The second-order valence-corrected chi connectivity index (χ2v) is 3.40. The summed E-state index contributed by atoms with van der Waals surface area (Å²) in [5.74, 6) is 0. The molecule has 0 radical (unpaired) electrons. The van der Waals surface area contributed by atoms with E-state index < -0.39 is 5.16 Å². The van der Waals surface area contributed by atoms with Crippen LogP contribution in [0.5, 0.6) is 0 Å². The lowest BCUT2D eigenvalue weighted by Crippen LogP contribution is -2.11. The first-order chi connectivity index (χ1) is 4.18. The highest BCUT2D eigenvalue weighted by Gasteiger charge is 2.22. The third kappa shape index (κ3) is 2.58. The normalized spacial score (nSPS) is 16.6. The number of hydrogen-bond donors (Lipinski definition) is 0. The van der Waals surface area contributed by atoms with Gasteiger partial charge in [-0.15, -0.1) is 0 Å². The minimum Gasteiger partial charge on any atom is -0.273 e. The van der Waals surface area contributed by atoms with Crippen LogP contribution in [0.25, 0.3) is 0 Å². The van der Waals surface area contributed by atoms with Crippen LogP contribution in [0.2, 0.25) is 0 Å². The van der Waals surface area contributed by atoms with Gasteiger partial charge in [0.2, 0.25) is 0 Å². The largest absolute Gasteiger partial charge is 0.273 e. The van der Waals surface area contributed by atoms with Gasteiger partial charge in [0.25, 0.3) is 0 Å². The second kappa shape index (κ2) is 3.58. The summed E-state index contributed by atoms with van der Waals surface area (Å²) in [7, 11) is -0.0584. The summed E-state index contributed by atoms with van der Waals surface area (Å²) in [5.41, 5.74) is 0. The Balaban J connectivity index is 3.96. The molecular formula is C6H10NOP. The van der Waals surface area contributed by atoms with Gasteiger partial charge in [0, 0.05) is 0 Å². The standard InChI is InChI=1S/C6H10NOP/c1-3-4-6(2,5-7)9-8/h3-4H2,1-2H3. The lowest BCUT2D eigenvalue weighted by atomic mass is 10.1. The van der Waals surface area contributed by atoms with E-state index >= 15 is 0 Å². The molecule has 9 heavy (non-hydrogen) atoms. The fourth-order valence-corrected chi connectivity index (χ4v) is 0.964. The van der Waals surface area contributed by atoms with Crippen molar-refractivity contribution in [3.05, 3.63) is 0 Å². The van der Waals surface area contributed by atoms with Crippen LogP contribution in [0.3, 0.4) is 0 Å². The molecule has 0 saturated carbocycles. The zero-order valence-corrected chi connectivity index (χ0v) is 6.61. The first kappa shape index (κ1) is 8.59. The van der Waals surface area contributed by atoms with Crippen LogP contribution in [-0.2, 0) is 4.57 Å². The smallest absolute Gasteiger partial charge is 0.177 e. The van der Waals surface area contributed by atoms with E-state index in [0.29, 0.717) is 6.42 Å². The van der Waals surface area contributed by atoms with Gasteiger partial charge in [-0.2, -0.15) is 5.26 Å². The van der Waals surface area contributed by atoms with Crippen LogP contribution in [0, 0.1) is 11.3 Å². The molecule has 1 unspecified atom stereocenters. The average Bonchev–Trinajstić information content (AvgIpc) is 1.89. The van der Waals surface area contributed by atoms with Crippen LogP contribution < -0.4 is 0 Å². The van der Waals surface area contributed by atoms with Crippen LogP contribution in [0.15, 0.2) is 0 Å². The Bertz CT molecular complexity index is 140. The highest BCUT2D eigenvalue weighted by Crippen LogP contribution is 2.26. The van der Waals surface area contributed by atoms with Crippen molar-refractivity contribution in [1.82, 2.24) is 0 Å². The molecule has 0 N–H and O–H groups in total. The van der Waals surface area contributed by atoms with Crippen molar-refractivity contribution >= 4 is 8.46 Å². The summed E-state index contributed by atoms with van der Waals surface area (Å²) in [6, 6.07) is 2.00. The highest BCUT2D eigenvalue weighted by molar-refractivity contribution is 7.26. The lowest BCUT2D eigenvalue weighted by Gasteiger charge is -2.08. The number of nitrogens with zero attached hydrogens (tertiary/aromatic N) is 1. The maximum absolute atomic E-state index is 10.3. The van der Waals surface area contributed by atoms with Gasteiger partial charge in [-0.3, -0.25) is 4.57 Å². The summed E-state index contributed by atoms with van der Waals surface area (Å²) < 4.78 is 10.3. The molecule has 0 amide bonds. The second-order valence-electron chi connectivity index (χ2n) is 2.23. The number of nitriles is 1. The Kier molecular flexibility index (Phi) is 3.42. The molecule has 50 valence electrons. The monoisotopic (exact) mass is 143 g/mol. The molecule has 2 nitrogen and oxygen atoms in total. The van der Waals surface area contributed by atoms with E-state index in [1.54, 1.807) is 6.92 Å². The van der Waals surface area contributed by atoms with Gasteiger partial charge < -0.3 is 0 Å². The summed E-state index contributed by atoms with van der Waals surface area (Å²) >= 11 is 0. The minimum atomic E-state index is -0.644. The Morgan fingerprint density at radius 2 is 2.33 bits per heavy atom. The van der Waals surface area contributed by atoms with Crippen molar-refractivity contribution in [2.75, 3.05) is 0 Å². The van der Waals surface area contributed by atoms with Gasteiger partial charge >= 0.3 is 0 Å². The third-order valence-corrected chi connectivity index (χ3v) is 1.91. The zero-order chi connectivity index (χ0) is 7.33. The number of rotatable bonds is 3. The summed E-state index contributed by atoms with van der Waals surface area (Å²) in [6.45, 7) is 3.67. The lowest BCUT2D eigenvalue weighted by molar-refractivity contribution is 0.571. The van der Waals surface area contributed by atoms with Crippen LogP contribution in [-0.4, -0.2) is 5.16 Å². The quantitative estimate of drug-likeness (QED) is 0.569. The molecular weight excluding hydrogens is 133 g/mol. The van der Waals surface area contributed by atoms with Crippen LogP contribution >= 0.6 is 8.46 Å². The van der Waals surface area contributed by atoms with E-state index in [2.05, 4.69) is 0 Å². The molecule has 0 spiro atoms. The Morgan fingerprint density at radius 1 is 1.78 bits per heavy atom. The average molecular weight is 143 g/mol. The van der Waals surface area contributed by atoms with Gasteiger partial charge in [0.1, 0.15) is 5.16 Å². The molecule has 0 fully saturated rings. The van der Waals surface area contributed by atoms with E-state index in [0.717, 1.165) is 6.42 Å². The van der Waals surface area contributed by atoms with E-state index in [1.807, 2.05) is 13.0 Å². The first-order valence-electron chi connectivity index (χ1n) is 2.94. The topological polar surface area (TPSA) is 40.9 Å². The Morgan fingerprint density at radius 3 is 2.44 bits per heavy atom. The highest BCUT2D eigenvalue weighted by atomic mass is 31.1. The first-order valence-corrected chi connectivity index (χ1v) is 3.75. The molecule has 0 rings (SSSR count). The van der Waals surface area contributed by atoms with E-state index in [4.69, 9.17) is 5.26 Å². The molecule has 3 heteroatoms. The van der Waals surface area contributed by atoms with Crippen LogP contribution in [0.1, 0.15) is 26.7 Å². The zero-order valence-electron chi connectivity index (χ0n) is 5.72.